The first kappa shape index (κ1) is 11.6. The monoisotopic (exact) mass is 235 g/mol. The van der Waals surface area contributed by atoms with Crippen LogP contribution >= 0.6 is 0 Å². The molecule has 0 fully saturated rings. The summed E-state index contributed by atoms with van der Waals surface area (Å²) in [5.41, 5.74) is 8.45. The molecule has 0 aliphatic rings. The topological polar surface area (TPSA) is 84.0 Å². The fourth-order valence-electron chi connectivity index (χ4n) is 1.59. The molecule has 1 aromatic carbocycles. The van der Waals surface area contributed by atoms with Crippen LogP contribution in [0.5, 0.6) is 0 Å². The largest absolute Gasteiger partial charge is 0.417 e. The zero-order valence-corrected chi connectivity index (χ0v) is 10.0. The summed E-state index contributed by atoms with van der Waals surface area (Å²) < 4.78 is 4.93. The number of nitrogen functional groups attached to an aromatic ring is 1. The molecule has 0 saturated heterocycles. The molecule has 0 radical (unpaired) electrons. The van der Waals surface area contributed by atoms with E-state index in [9.17, 15) is 4.79 Å². The Balaban J connectivity index is 2.27. The smallest absolute Gasteiger partial charge is 0.408 e. The highest BCUT2D eigenvalue weighted by atomic mass is 16.4. The number of aromatic nitrogens is 1. The van der Waals surface area contributed by atoms with Gasteiger partial charge in [0.05, 0.1) is 16.9 Å². The minimum Gasteiger partial charge on any atom is -0.408 e. The van der Waals surface area contributed by atoms with E-state index in [1.165, 1.54) is 0 Å². The van der Waals surface area contributed by atoms with Crippen LogP contribution in [0.25, 0.3) is 11.1 Å². The van der Waals surface area contributed by atoms with E-state index in [0.717, 1.165) is 18.7 Å². The highest BCUT2D eigenvalue weighted by Gasteiger charge is 2.07. The number of hydrogen-bond donors (Lipinski definition) is 3. The molecule has 0 aliphatic heterocycles. The van der Waals surface area contributed by atoms with Crippen molar-refractivity contribution in [2.75, 3.05) is 17.6 Å². The van der Waals surface area contributed by atoms with Gasteiger partial charge in [0, 0.05) is 12.6 Å². The molecule has 0 saturated carbocycles. The van der Waals surface area contributed by atoms with Crippen LogP contribution in [0.15, 0.2) is 21.3 Å². The van der Waals surface area contributed by atoms with E-state index in [-0.39, 0.29) is 0 Å². The van der Waals surface area contributed by atoms with Crippen LogP contribution in [0.3, 0.4) is 0 Å². The molecule has 5 nitrogen and oxygen atoms in total. The Kier molecular flexibility index (Phi) is 3.08. The minimum absolute atomic E-state index is 0.460. The molecular weight excluding hydrogens is 218 g/mol. The number of hydrogen-bond acceptors (Lipinski definition) is 4. The minimum atomic E-state index is -0.460. The van der Waals surface area contributed by atoms with Gasteiger partial charge in [0.1, 0.15) is 0 Å². The molecule has 17 heavy (non-hydrogen) atoms. The molecule has 1 atom stereocenters. The highest BCUT2D eigenvalue weighted by Crippen LogP contribution is 2.24. The number of rotatable bonds is 4. The van der Waals surface area contributed by atoms with Crippen molar-refractivity contribution in [1.29, 1.82) is 0 Å². The first-order chi connectivity index (χ1) is 8.10. The van der Waals surface area contributed by atoms with E-state index < -0.39 is 5.76 Å². The number of nitrogens with one attached hydrogen (secondary N) is 2. The molecule has 5 heteroatoms. The van der Waals surface area contributed by atoms with Gasteiger partial charge in [-0.1, -0.05) is 20.3 Å². The predicted octanol–water partition coefficient (Wildman–Crippen LogP) is 2.16. The Morgan fingerprint density at radius 3 is 3.00 bits per heavy atom. The van der Waals surface area contributed by atoms with Crippen LogP contribution in [0, 0.1) is 5.92 Å². The number of H-pyrrole nitrogens is 1. The van der Waals surface area contributed by atoms with Crippen LogP contribution in [0.1, 0.15) is 20.3 Å². The lowest BCUT2D eigenvalue weighted by atomic mass is 10.1. The van der Waals surface area contributed by atoms with E-state index in [4.69, 9.17) is 10.2 Å². The summed E-state index contributed by atoms with van der Waals surface area (Å²) in [5.74, 6) is 0.118. The second kappa shape index (κ2) is 4.53. The average molecular weight is 235 g/mol. The number of nitrogens with two attached hydrogens (primary N) is 1. The highest BCUT2D eigenvalue weighted by molar-refractivity contribution is 5.85. The van der Waals surface area contributed by atoms with Crippen molar-refractivity contribution >= 4 is 22.5 Å². The Morgan fingerprint density at radius 2 is 2.29 bits per heavy atom. The normalized spacial score (nSPS) is 12.8. The maximum absolute atomic E-state index is 11.0. The van der Waals surface area contributed by atoms with Crippen LogP contribution in [0.4, 0.5) is 11.4 Å². The van der Waals surface area contributed by atoms with Gasteiger partial charge in [-0.05, 0) is 12.0 Å². The van der Waals surface area contributed by atoms with Crippen molar-refractivity contribution in [3.63, 3.8) is 0 Å². The third-order valence-electron chi connectivity index (χ3n) is 2.93. The van der Waals surface area contributed by atoms with Crippen molar-refractivity contribution in [3.05, 3.63) is 22.7 Å². The van der Waals surface area contributed by atoms with Gasteiger partial charge >= 0.3 is 5.76 Å². The second-order valence-electron chi connectivity index (χ2n) is 4.34. The van der Waals surface area contributed by atoms with Gasteiger partial charge in [0.2, 0.25) is 0 Å². The van der Waals surface area contributed by atoms with Gasteiger partial charge in [-0.2, -0.15) is 0 Å². The summed E-state index contributed by atoms with van der Waals surface area (Å²) in [6, 6.07) is 3.46. The fraction of sp³-hybridized carbons (Fsp3) is 0.417. The molecule has 92 valence electrons. The summed E-state index contributed by atoms with van der Waals surface area (Å²) in [4.78, 5) is 13.7. The number of benzene rings is 1. The van der Waals surface area contributed by atoms with Gasteiger partial charge in [-0.3, -0.25) is 4.98 Å². The quantitative estimate of drug-likeness (QED) is 0.709. The Labute approximate surface area is 99.0 Å². The molecule has 1 heterocycles. The SMILES string of the molecule is CCC(C)CNc1cc2[nH]c(=O)oc2cc1N. The molecule has 0 bridgehead atoms. The standard InChI is InChI=1S/C12H17N3O2/c1-3-7(2)6-14-9-5-10-11(4-8(9)13)17-12(16)15-10/h4-5,7,14H,3,6,13H2,1-2H3,(H,15,16). The van der Waals surface area contributed by atoms with E-state index in [1.807, 2.05) is 0 Å². The van der Waals surface area contributed by atoms with Gasteiger partial charge in [-0.25, -0.2) is 4.79 Å². The van der Waals surface area contributed by atoms with Gasteiger partial charge in [-0.15, -0.1) is 0 Å². The molecule has 4 N–H and O–H groups in total. The molecule has 1 aromatic heterocycles. The lowest BCUT2D eigenvalue weighted by Crippen LogP contribution is -2.11. The van der Waals surface area contributed by atoms with Crippen molar-refractivity contribution in [2.24, 2.45) is 5.92 Å². The van der Waals surface area contributed by atoms with E-state index in [0.29, 0.717) is 22.7 Å². The Hall–Kier alpha value is -1.91. The molecule has 2 rings (SSSR count). The van der Waals surface area contributed by atoms with E-state index >= 15 is 0 Å². The second-order valence-corrected chi connectivity index (χ2v) is 4.34. The third-order valence-corrected chi connectivity index (χ3v) is 2.93. The van der Waals surface area contributed by atoms with Crippen LogP contribution in [0.2, 0.25) is 0 Å². The summed E-state index contributed by atoms with van der Waals surface area (Å²) in [7, 11) is 0. The van der Waals surface area contributed by atoms with Crippen molar-refractivity contribution in [1.82, 2.24) is 4.98 Å². The Bertz CT molecular complexity index is 571. The molecule has 1 unspecified atom stereocenters. The van der Waals surface area contributed by atoms with Crippen LogP contribution in [-0.4, -0.2) is 11.5 Å². The third kappa shape index (κ3) is 2.43. The zero-order chi connectivity index (χ0) is 12.4. The maximum atomic E-state index is 11.0. The Morgan fingerprint density at radius 1 is 1.53 bits per heavy atom. The molecule has 2 aromatic rings. The lowest BCUT2D eigenvalue weighted by molar-refractivity contribution is 0.555. The summed E-state index contributed by atoms with van der Waals surface area (Å²) in [5, 5.41) is 3.28. The summed E-state index contributed by atoms with van der Waals surface area (Å²) in [6.45, 7) is 5.17. The number of fused-ring (bicyclic) bond motifs is 1. The first-order valence-electron chi connectivity index (χ1n) is 5.76. The fourth-order valence-corrected chi connectivity index (χ4v) is 1.59. The van der Waals surface area contributed by atoms with Crippen molar-refractivity contribution in [3.8, 4) is 0 Å². The van der Waals surface area contributed by atoms with Crippen LogP contribution < -0.4 is 16.8 Å². The van der Waals surface area contributed by atoms with E-state index in [1.54, 1.807) is 12.1 Å². The van der Waals surface area contributed by atoms with Crippen molar-refractivity contribution < 1.29 is 4.42 Å². The lowest BCUT2D eigenvalue weighted by Gasteiger charge is -2.12. The molecule has 0 aliphatic carbocycles. The van der Waals surface area contributed by atoms with Gasteiger partial charge < -0.3 is 15.5 Å². The maximum Gasteiger partial charge on any atom is 0.417 e. The van der Waals surface area contributed by atoms with Gasteiger partial charge in [0.25, 0.3) is 0 Å². The van der Waals surface area contributed by atoms with Crippen LogP contribution in [-0.2, 0) is 0 Å². The summed E-state index contributed by atoms with van der Waals surface area (Å²) >= 11 is 0. The predicted molar refractivity (Wildman–Crippen MR) is 69.2 cm³/mol. The average Bonchev–Trinajstić information content (AvgIpc) is 2.64. The van der Waals surface area contributed by atoms with Gasteiger partial charge in [0.15, 0.2) is 5.58 Å². The molecule has 0 amide bonds. The number of aromatic amines is 1. The summed E-state index contributed by atoms with van der Waals surface area (Å²) in [6.07, 6.45) is 1.11. The first-order valence-corrected chi connectivity index (χ1v) is 5.76. The molecular formula is C12H17N3O2. The zero-order valence-electron chi connectivity index (χ0n) is 10.0. The number of anilines is 2. The molecule has 0 spiro atoms. The number of oxazole rings is 1. The van der Waals surface area contributed by atoms with Crippen molar-refractivity contribution in [2.45, 2.75) is 20.3 Å². The van der Waals surface area contributed by atoms with E-state index in [2.05, 4.69) is 24.1 Å².